The van der Waals surface area contributed by atoms with Crippen molar-refractivity contribution in [3.63, 3.8) is 0 Å². The average molecular weight is 338 g/mol. The van der Waals surface area contributed by atoms with Gasteiger partial charge in [0.2, 0.25) is 0 Å². The Hall–Kier alpha value is -2.85. The fraction of sp³-hybridized carbons (Fsp3) is 0.0526. The number of carbonyl (C=O) groups excluding carboxylic acids is 1. The van der Waals surface area contributed by atoms with Gasteiger partial charge in [-0.05, 0) is 29.8 Å². The number of carbonyl (C=O) groups is 1. The van der Waals surface area contributed by atoms with Crippen LogP contribution in [0.2, 0.25) is 5.02 Å². The minimum absolute atomic E-state index is 0.199. The number of anilines is 2. The highest BCUT2D eigenvalue weighted by Crippen LogP contribution is 2.17. The predicted molar refractivity (Wildman–Crippen MR) is 97.4 cm³/mol. The van der Waals surface area contributed by atoms with Gasteiger partial charge in [0.25, 0.3) is 5.91 Å². The average Bonchev–Trinajstić information content (AvgIpc) is 2.62. The highest BCUT2D eigenvalue weighted by Gasteiger charge is 2.08. The van der Waals surface area contributed by atoms with Gasteiger partial charge in [-0.2, -0.15) is 0 Å². The van der Waals surface area contributed by atoms with Crippen molar-refractivity contribution in [2.75, 3.05) is 10.6 Å². The van der Waals surface area contributed by atoms with Crippen molar-refractivity contribution in [1.29, 1.82) is 0 Å². The van der Waals surface area contributed by atoms with Crippen LogP contribution in [-0.4, -0.2) is 10.9 Å². The van der Waals surface area contributed by atoms with Gasteiger partial charge in [0, 0.05) is 29.6 Å². The van der Waals surface area contributed by atoms with Crippen LogP contribution in [0.1, 0.15) is 15.9 Å². The van der Waals surface area contributed by atoms with Gasteiger partial charge in [0.1, 0.15) is 0 Å². The van der Waals surface area contributed by atoms with Crippen LogP contribution in [0.4, 0.5) is 11.4 Å². The van der Waals surface area contributed by atoms with Crippen LogP contribution < -0.4 is 10.6 Å². The molecule has 2 aromatic carbocycles. The molecule has 0 bridgehead atoms. The first kappa shape index (κ1) is 16.0. The number of nitrogens with zero attached hydrogens (tertiary/aromatic N) is 1. The van der Waals surface area contributed by atoms with Gasteiger partial charge < -0.3 is 10.6 Å². The summed E-state index contributed by atoms with van der Waals surface area (Å²) in [5.74, 6) is -0.199. The summed E-state index contributed by atoms with van der Waals surface area (Å²) in [5.41, 5.74) is 2.98. The minimum atomic E-state index is -0.199. The van der Waals surface area contributed by atoms with E-state index in [1.807, 2.05) is 54.6 Å². The molecule has 0 atom stereocenters. The Morgan fingerprint density at radius 1 is 0.958 bits per heavy atom. The molecule has 5 heteroatoms. The van der Waals surface area contributed by atoms with Gasteiger partial charge in [0.15, 0.2) is 0 Å². The Labute approximate surface area is 145 Å². The van der Waals surface area contributed by atoms with Gasteiger partial charge in [-0.25, -0.2) is 0 Å². The first-order valence-electron chi connectivity index (χ1n) is 7.51. The Bertz CT molecular complexity index is 837. The lowest BCUT2D eigenvalue weighted by atomic mass is 10.2. The van der Waals surface area contributed by atoms with Gasteiger partial charge in [-0.15, -0.1) is 0 Å². The van der Waals surface area contributed by atoms with E-state index in [1.54, 1.807) is 18.5 Å². The van der Waals surface area contributed by atoms with Gasteiger partial charge >= 0.3 is 0 Å². The number of benzene rings is 2. The summed E-state index contributed by atoms with van der Waals surface area (Å²) in [6.07, 6.45) is 3.22. The van der Waals surface area contributed by atoms with E-state index in [2.05, 4.69) is 15.6 Å². The molecule has 0 aliphatic carbocycles. The maximum Gasteiger partial charge on any atom is 0.257 e. The number of nitrogens with one attached hydrogen (secondary N) is 2. The lowest BCUT2D eigenvalue weighted by molar-refractivity contribution is 0.102. The third-order valence-electron chi connectivity index (χ3n) is 3.47. The minimum Gasteiger partial charge on any atom is -0.380 e. The van der Waals surface area contributed by atoms with E-state index in [0.29, 0.717) is 17.1 Å². The molecule has 24 heavy (non-hydrogen) atoms. The number of rotatable bonds is 5. The Morgan fingerprint density at radius 2 is 1.71 bits per heavy atom. The van der Waals surface area contributed by atoms with Crippen molar-refractivity contribution in [3.8, 4) is 0 Å². The maximum atomic E-state index is 12.3. The number of hydrogen-bond acceptors (Lipinski definition) is 3. The summed E-state index contributed by atoms with van der Waals surface area (Å²) in [5, 5.41) is 6.78. The van der Waals surface area contributed by atoms with E-state index >= 15 is 0 Å². The van der Waals surface area contributed by atoms with Crippen molar-refractivity contribution in [2.24, 2.45) is 0 Å². The van der Waals surface area contributed by atoms with Crippen LogP contribution in [-0.2, 0) is 6.54 Å². The molecule has 1 aromatic heterocycles. The quantitative estimate of drug-likeness (QED) is 0.715. The fourth-order valence-corrected chi connectivity index (χ4v) is 2.43. The van der Waals surface area contributed by atoms with Gasteiger partial charge in [0.05, 0.1) is 11.3 Å². The van der Waals surface area contributed by atoms with Gasteiger partial charge in [-0.3, -0.25) is 9.78 Å². The monoisotopic (exact) mass is 337 g/mol. The molecule has 0 aliphatic heterocycles. The molecule has 120 valence electrons. The largest absolute Gasteiger partial charge is 0.380 e. The topological polar surface area (TPSA) is 54.0 Å². The second-order valence-corrected chi connectivity index (χ2v) is 5.63. The molecule has 4 nitrogen and oxygen atoms in total. The van der Waals surface area contributed by atoms with Crippen LogP contribution in [0.3, 0.4) is 0 Å². The number of halogens is 1. The number of hydrogen-bond donors (Lipinski definition) is 2. The summed E-state index contributed by atoms with van der Waals surface area (Å²) in [6.45, 7) is 0.561. The Morgan fingerprint density at radius 3 is 2.50 bits per heavy atom. The standard InChI is InChI=1S/C19H16ClN3O/c20-18-9-5-4-6-14(18)12-22-17-10-15(11-21-13-17)19(24)23-16-7-2-1-3-8-16/h1-11,13,22H,12H2,(H,23,24). The molecule has 0 saturated carbocycles. The first-order valence-corrected chi connectivity index (χ1v) is 7.89. The molecule has 1 heterocycles. The Balaban J connectivity index is 1.68. The molecule has 0 radical (unpaired) electrons. The predicted octanol–water partition coefficient (Wildman–Crippen LogP) is 4.60. The summed E-state index contributed by atoms with van der Waals surface area (Å²) in [7, 11) is 0. The third-order valence-corrected chi connectivity index (χ3v) is 3.84. The molecule has 2 N–H and O–H groups in total. The molecular weight excluding hydrogens is 322 g/mol. The van der Waals surface area contributed by atoms with E-state index < -0.39 is 0 Å². The molecule has 3 rings (SSSR count). The Kier molecular flexibility index (Phi) is 5.08. The SMILES string of the molecule is O=C(Nc1ccccc1)c1cncc(NCc2ccccc2Cl)c1. The van der Waals surface area contributed by atoms with Crippen LogP contribution in [0.15, 0.2) is 73.1 Å². The van der Waals surface area contributed by atoms with Crippen LogP contribution >= 0.6 is 11.6 Å². The molecule has 0 unspecified atom stereocenters. The zero-order valence-electron chi connectivity index (χ0n) is 12.9. The van der Waals surface area contributed by atoms with Crippen molar-refractivity contribution < 1.29 is 4.79 Å². The van der Waals surface area contributed by atoms with Crippen LogP contribution in [0, 0.1) is 0 Å². The van der Waals surface area contributed by atoms with E-state index in [1.165, 1.54) is 0 Å². The number of aromatic nitrogens is 1. The maximum absolute atomic E-state index is 12.3. The molecule has 3 aromatic rings. The van der Waals surface area contributed by atoms with Crippen LogP contribution in [0.5, 0.6) is 0 Å². The highest BCUT2D eigenvalue weighted by atomic mass is 35.5. The summed E-state index contributed by atoms with van der Waals surface area (Å²) in [6, 6.07) is 18.7. The van der Waals surface area contributed by atoms with Crippen molar-refractivity contribution in [3.05, 3.63) is 89.2 Å². The third kappa shape index (κ3) is 4.12. The van der Waals surface area contributed by atoms with Crippen molar-refractivity contribution in [2.45, 2.75) is 6.54 Å². The van der Waals surface area contributed by atoms with Crippen molar-refractivity contribution in [1.82, 2.24) is 4.98 Å². The summed E-state index contributed by atoms with van der Waals surface area (Å²) in [4.78, 5) is 16.4. The summed E-state index contributed by atoms with van der Waals surface area (Å²) < 4.78 is 0. The zero-order chi connectivity index (χ0) is 16.8. The smallest absolute Gasteiger partial charge is 0.257 e. The molecule has 1 amide bonds. The van der Waals surface area contributed by atoms with E-state index in [4.69, 9.17) is 11.6 Å². The van der Waals surface area contributed by atoms with Crippen LogP contribution in [0.25, 0.3) is 0 Å². The van der Waals surface area contributed by atoms with Gasteiger partial charge in [-0.1, -0.05) is 48.0 Å². The number of pyridine rings is 1. The lowest BCUT2D eigenvalue weighted by Crippen LogP contribution is -2.12. The van der Waals surface area contributed by atoms with E-state index in [-0.39, 0.29) is 5.91 Å². The van der Waals surface area contributed by atoms with E-state index in [9.17, 15) is 4.79 Å². The highest BCUT2D eigenvalue weighted by molar-refractivity contribution is 6.31. The molecule has 0 saturated heterocycles. The first-order chi connectivity index (χ1) is 11.7. The fourth-order valence-electron chi connectivity index (χ4n) is 2.22. The number of para-hydroxylation sites is 1. The molecule has 0 fully saturated rings. The molecular formula is C19H16ClN3O. The summed E-state index contributed by atoms with van der Waals surface area (Å²) >= 11 is 6.14. The molecule has 0 aliphatic rings. The zero-order valence-corrected chi connectivity index (χ0v) is 13.6. The lowest BCUT2D eigenvalue weighted by Gasteiger charge is -2.09. The van der Waals surface area contributed by atoms with Crippen molar-refractivity contribution >= 4 is 28.9 Å². The molecule has 0 spiro atoms. The van der Waals surface area contributed by atoms with E-state index in [0.717, 1.165) is 16.9 Å². The normalized spacial score (nSPS) is 10.2. The number of amides is 1. The second kappa shape index (κ2) is 7.62. The second-order valence-electron chi connectivity index (χ2n) is 5.23.